The third-order valence-corrected chi connectivity index (χ3v) is 5.87. The Labute approximate surface area is 227 Å². The van der Waals surface area contributed by atoms with E-state index in [1.807, 2.05) is 0 Å². The molecule has 4 aromatic rings. The van der Waals surface area contributed by atoms with Gasteiger partial charge in [-0.25, -0.2) is 0 Å². The Hall–Kier alpha value is -5.78. The van der Waals surface area contributed by atoms with Gasteiger partial charge in [-0.3, -0.25) is 29.8 Å². The highest BCUT2D eigenvalue weighted by atomic mass is 16.6. The highest BCUT2D eigenvalue weighted by Gasteiger charge is 2.17. The number of hydrogen-bond acceptors (Lipinski definition) is 8. The van der Waals surface area contributed by atoms with Crippen molar-refractivity contribution >= 4 is 34.6 Å². The van der Waals surface area contributed by atoms with Gasteiger partial charge in [0.25, 0.3) is 23.2 Å². The van der Waals surface area contributed by atoms with Crippen molar-refractivity contribution in [1.82, 2.24) is 0 Å². The number of benzene rings is 4. The summed E-state index contributed by atoms with van der Waals surface area (Å²) in [4.78, 5) is 46.3. The Morgan fingerprint density at radius 1 is 0.625 bits per heavy atom. The van der Waals surface area contributed by atoms with Crippen molar-refractivity contribution in [3.8, 4) is 22.6 Å². The van der Waals surface area contributed by atoms with Gasteiger partial charge in [0, 0.05) is 35.4 Å². The quantitative estimate of drug-likeness (QED) is 0.201. The minimum atomic E-state index is -0.578. The molecule has 0 saturated heterocycles. The lowest BCUT2D eigenvalue weighted by Crippen LogP contribution is -2.13. The molecule has 4 aromatic carbocycles. The molecule has 0 saturated carbocycles. The van der Waals surface area contributed by atoms with Gasteiger partial charge in [-0.05, 0) is 47.5 Å². The second kappa shape index (κ2) is 11.7. The zero-order valence-electron chi connectivity index (χ0n) is 21.2. The summed E-state index contributed by atoms with van der Waals surface area (Å²) >= 11 is 0. The number of nitrogens with one attached hydrogen (secondary N) is 2. The first-order valence-electron chi connectivity index (χ1n) is 11.7. The Balaban J connectivity index is 1.55. The van der Waals surface area contributed by atoms with Crippen LogP contribution in [0.15, 0.2) is 84.9 Å². The van der Waals surface area contributed by atoms with Crippen molar-refractivity contribution in [3.63, 3.8) is 0 Å². The monoisotopic (exact) mass is 542 g/mol. The summed E-state index contributed by atoms with van der Waals surface area (Å²) in [5, 5.41) is 27.5. The minimum Gasteiger partial charge on any atom is -0.495 e. The van der Waals surface area contributed by atoms with E-state index in [2.05, 4.69) is 10.6 Å². The number of hydrogen-bond donors (Lipinski definition) is 2. The molecule has 0 aromatic heterocycles. The third kappa shape index (κ3) is 6.02. The van der Waals surface area contributed by atoms with Crippen LogP contribution in [0.3, 0.4) is 0 Å². The molecule has 0 bridgehead atoms. The van der Waals surface area contributed by atoms with Crippen LogP contribution in [-0.4, -0.2) is 35.9 Å². The number of rotatable bonds is 9. The molecule has 12 heteroatoms. The second-order valence-electron chi connectivity index (χ2n) is 8.35. The summed E-state index contributed by atoms with van der Waals surface area (Å²) < 4.78 is 10.9. The van der Waals surface area contributed by atoms with Crippen molar-refractivity contribution in [3.05, 3.63) is 116 Å². The van der Waals surface area contributed by atoms with Crippen LogP contribution in [0.2, 0.25) is 0 Å². The number of methoxy groups -OCH3 is 2. The minimum absolute atomic E-state index is 0.118. The van der Waals surface area contributed by atoms with Gasteiger partial charge in [-0.15, -0.1) is 0 Å². The average molecular weight is 543 g/mol. The molecular formula is C28H22N4O8. The van der Waals surface area contributed by atoms with E-state index in [4.69, 9.17) is 9.47 Å². The molecule has 4 rings (SSSR count). The summed E-state index contributed by atoms with van der Waals surface area (Å²) in [6, 6.07) is 20.9. The fourth-order valence-corrected chi connectivity index (χ4v) is 3.86. The van der Waals surface area contributed by atoms with E-state index in [0.29, 0.717) is 34.0 Å². The Bertz CT molecular complexity index is 1520. The molecule has 40 heavy (non-hydrogen) atoms. The normalized spacial score (nSPS) is 10.3. The summed E-state index contributed by atoms with van der Waals surface area (Å²) in [7, 11) is 2.88. The van der Waals surface area contributed by atoms with Crippen LogP contribution < -0.4 is 20.1 Å². The Morgan fingerprint density at radius 3 is 1.38 bits per heavy atom. The SMILES string of the molecule is COc1cc(-c2ccc(NC(=O)c3cccc([N+](=O)[O-])c3)c(OC)c2)ccc1NC(=O)c1cccc([N+](=O)[O-])c1. The van der Waals surface area contributed by atoms with Gasteiger partial charge in [0.2, 0.25) is 0 Å². The molecule has 0 unspecified atom stereocenters. The Kier molecular flexibility index (Phi) is 7.99. The fraction of sp³-hybridized carbons (Fsp3) is 0.0714. The topological polar surface area (TPSA) is 163 Å². The number of amides is 2. The van der Waals surface area contributed by atoms with Crippen LogP contribution in [0.25, 0.3) is 11.1 Å². The Morgan fingerprint density at radius 2 is 1.02 bits per heavy atom. The van der Waals surface area contributed by atoms with Crippen LogP contribution in [0.5, 0.6) is 11.5 Å². The van der Waals surface area contributed by atoms with E-state index in [1.54, 1.807) is 36.4 Å². The number of nitro benzene ring substituents is 2. The van der Waals surface area contributed by atoms with Crippen molar-refractivity contribution in [2.45, 2.75) is 0 Å². The van der Waals surface area contributed by atoms with Gasteiger partial charge in [0.05, 0.1) is 35.4 Å². The molecule has 0 heterocycles. The zero-order valence-corrected chi connectivity index (χ0v) is 21.2. The van der Waals surface area contributed by atoms with Crippen molar-refractivity contribution in [1.29, 1.82) is 0 Å². The highest BCUT2D eigenvalue weighted by Crippen LogP contribution is 2.35. The number of ether oxygens (including phenoxy) is 2. The van der Waals surface area contributed by atoms with E-state index in [9.17, 15) is 29.8 Å². The lowest BCUT2D eigenvalue weighted by atomic mass is 10.0. The molecule has 2 N–H and O–H groups in total. The maximum Gasteiger partial charge on any atom is 0.270 e. The van der Waals surface area contributed by atoms with Crippen molar-refractivity contribution < 1.29 is 28.9 Å². The van der Waals surface area contributed by atoms with Gasteiger partial charge < -0.3 is 20.1 Å². The van der Waals surface area contributed by atoms with E-state index in [1.165, 1.54) is 62.8 Å². The molecule has 0 aliphatic heterocycles. The highest BCUT2D eigenvalue weighted by molar-refractivity contribution is 6.06. The van der Waals surface area contributed by atoms with Crippen LogP contribution in [-0.2, 0) is 0 Å². The number of nitro groups is 2. The molecule has 0 fully saturated rings. The lowest BCUT2D eigenvalue weighted by Gasteiger charge is -2.14. The van der Waals surface area contributed by atoms with Gasteiger partial charge in [0.15, 0.2) is 0 Å². The summed E-state index contributed by atoms with van der Waals surface area (Å²) in [6.07, 6.45) is 0. The van der Waals surface area contributed by atoms with E-state index in [0.717, 1.165) is 0 Å². The molecule has 202 valence electrons. The first-order chi connectivity index (χ1) is 19.2. The van der Waals surface area contributed by atoms with E-state index < -0.39 is 21.7 Å². The van der Waals surface area contributed by atoms with Crippen molar-refractivity contribution in [2.24, 2.45) is 0 Å². The number of carbonyl (C=O) groups is 2. The first-order valence-corrected chi connectivity index (χ1v) is 11.7. The molecule has 0 spiro atoms. The number of carbonyl (C=O) groups excluding carboxylic acids is 2. The lowest BCUT2D eigenvalue weighted by molar-refractivity contribution is -0.385. The smallest absolute Gasteiger partial charge is 0.270 e. The molecule has 0 atom stereocenters. The average Bonchev–Trinajstić information content (AvgIpc) is 2.97. The summed E-state index contributed by atoms with van der Waals surface area (Å²) in [5.41, 5.74) is 1.97. The van der Waals surface area contributed by atoms with Crippen molar-refractivity contribution in [2.75, 3.05) is 24.9 Å². The third-order valence-electron chi connectivity index (χ3n) is 5.87. The predicted octanol–water partition coefficient (Wildman–Crippen LogP) is 5.69. The van der Waals surface area contributed by atoms with E-state index >= 15 is 0 Å². The fourth-order valence-electron chi connectivity index (χ4n) is 3.86. The van der Waals surface area contributed by atoms with Gasteiger partial charge >= 0.3 is 0 Å². The number of nitrogens with zero attached hydrogens (tertiary/aromatic N) is 2. The van der Waals surface area contributed by atoms with Gasteiger partial charge in [-0.2, -0.15) is 0 Å². The summed E-state index contributed by atoms with van der Waals surface area (Å²) in [5.74, 6) is -0.392. The van der Waals surface area contributed by atoms with Crippen LogP contribution in [0.1, 0.15) is 20.7 Å². The zero-order chi connectivity index (χ0) is 28.8. The number of non-ortho nitro benzene ring substituents is 2. The molecule has 2 amide bonds. The standard InChI is InChI=1S/C28H22N4O8/c1-39-25-15-17(9-11-23(25)29-27(33)19-5-3-7-21(13-19)31(35)36)18-10-12-24(26(16-18)40-2)30-28(34)20-6-4-8-22(14-20)32(37)38/h3-16H,1-2H3,(H,29,33)(H,30,34). The van der Waals surface area contributed by atoms with E-state index in [-0.39, 0.29) is 22.5 Å². The molecule has 0 radical (unpaired) electrons. The maximum atomic E-state index is 12.7. The van der Waals surface area contributed by atoms with Gasteiger partial charge in [-0.1, -0.05) is 24.3 Å². The van der Waals surface area contributed by atoms with Crippen LogP contribution in [0, 0.1) is 20.2 Å². The molecule has 12 nitrogen and oxygen atoms in total. The molecular weight excluding hydrogens is 520 g/mol. The van der Waals surface area contributed by atoms with Crippen LogP contribution in [0.4, 0.5) is 22.7 Å². The maximum absolute atomic E-state index is 12.7. The predicted molar refractivity (Wildman–Crippen MR) is 147 cm³/mol. The largest absolute Gasteiger partial charge is 0.495 e. The summed E-state index contributed by atoms with van der Waals surface area (Å²) in [6.45, 7) is 0. The van der Waals surface area contributed by atoms with Gasteiger partial charge in [0.1, 0.15) is 11.5 Å². The van der Waals surface area contributed by atoms with Crippen LogP contribution >= 0.6 is 0 Å². The molecule has 0 aliphatic carbocycles. The molecule has 0 aliphatic rings. The number of anilines is 2. The second-order valence-corrected chi connectivity index (χ2v) is 8.35. The first kappa shape index (κ1) is 27.3.